The predicted octanol–water partition coefficient (Wildman–Crippen LogP) is 1.67. The highest BCUT2D eigenvalue weighted by atomic mass is 14.9. The highest BCUT2D eigenvalue weighted by Gasteiger charge is 1.69. The smallest absolute Gasteiger partial charge is 0.163 e. The van der Waals surface area contributed by atoms with Crippen LogP contribution in [0.4, 0.5) is 0 Å². The maximum atomic E-state index is 3.57. The Morgan fingerprint density at radius 3 is 1.75 bits per heavy atom. The van der Waals surface area contributed by atoms with Crippen molar-refractivity contribution in [2.45, 2.75) is 6.92 Å². The third kappa shape index (κ3) is 19.2. The van der Waals surface area contributed by atoms with Crippen LogP contribution in [0.5, 0.6) is 0 Å². The fourth-order valence-corrected chi connectivity index (χ4v) is 0.254. The van der Waals surface area contributed by atoms with Crippen LogP contribution >= 0.6 is 0 Å². The molecule has 0 aliphatic rings. The third-order valence-corrected chi connectivity index (χ3v) is 0.404. The van der Waals surface area contributed by atoms with Gasteiger partial charge in [-0.2, -0.15) is 0 Å². The summed E-state index contributed by atoms with van der Waals surface area (Å²) >= 11 is 0. The number of hydrogen-bond donors (Lipinski definition) is 0. The van der Waals surface area contributed by atoms with Gasteiger partial charge in [-0.25, -0.2) is 4.58 Å². The topological polar surface area (TPSA) is 3.01 Å². The molecular formula is C7H14N+. The molecule has 1 heteroatoms. The fourth-order valence-electron chi connectivity index (χ4n) is 0.254. The summed E-state index contributed by atoms with van der Waals surface area (Å²) < 4.78 is 1.75. The van der Waals surface area contributed by atoms with Crippen molar-refractivity contribution < 1.29 is 4.58 Å². The van der Waals surface area contributed by atoms with Gasteiger partial charge < -0.3 is 0 Å². The molecule has 0 unspecified atom stereocenters. The van der Waals surface area contributed by atoms with Gasteiger partial charge in [0, 0.05) is 0 Å². The zero-order chi connectivity index (χ0) is 6.99. The van der Waals surface area contributed by atoms with E-state index < -0.39 is 0 Å². The van der Waals surface area contributed by atoms with Gasteiger partial charge in [-0.15, -0.1) is 13.2 Å². The molecule has 0 saturated heterocycles. The maximum absolute atomic E-state index is 3.57. The molecule has 0 aromatic heterocycles. The second-order valence-corrected chi connectivity index (χ2v) is 1.24. The van der Waals surface area contributed by atoms with Gasteiger partial charge in [0.2, 0.25) is 0 Å². The Labute approximate surface area is 51.7 Å². The largest absolute Gasteiger partial charge is 0.215 e. The molecule has 0 bridgehead atoms. The van der Waals surface area contributed by atoms with Crippen molar-refractivity contribution in [3.05, 3.63) is 25.4 Å². The summed E-state index contributed by atoms with van der Waals surface area (Å²) in [5.74, 6) is 0. The summed E-state index contributed by atoms with van der Waals surface area (Å²) in [6.07, 6.45) is 3.83. The molecule has 0 rings (SSSR count). The molecule has 0 fully saturated rings. The van der Waals surface area contributed by atoms with Gasteiger partial charge in [0.05, 0.1) is 0 Å². The predicted molar refractivity (Wildman–Crippen MR) is 39.4 cm³/mol. The number of nitrogens with zero attached hydrogens (tertiary/aromatic N) is 1. The van der Waals surface area contributed by atoms with E-state index in [2.05, 4.69) is 19.9 Å². The van der Waals surface area contributed by atoms with Gasteiger partial charge in [0.15, 0.2) is 6.20 Å². The van der Waals surface area contributed by atoms with E-state index in [0.29, 0.717) is 0 Å². The Balaban J connectivity index is 0. The van der Waals surface area contributed by atoms with E-state index >= 15 is 0 Å². The first-order valence-electron chi connectivity index (χ1n) is 2.43. The molecule has 0 saturated carbocycles. The lowest BCUT2D eigenvalue weighted by Gasteiger charge is -1.72. The molecule has 46 valence electrons. The van der Waals surface area contributed by atoms with E-state index in [0.717, 1.165) is 0 Å². The summed E-state index contributed by atoms with van der Waals surface area (Å²) in [6.45, 7) is 11.5. The van der Waals surface area contributed by atoms with E-state index in [1.165, 1.54) is 0 Å². The highest BCUT2D eigenvalue weighted by Crippen LogP contribution is 1.64. The zero-order valence-corrected chi connectivity index (χ0v) is 5.72. The van der Waals surface area contributed by atoms with Gasteiger partial charge in [-0.05, 0) is 13.0 Å². The van der Waals surface area contributed by atoms with Crippen LogP contribution in [0.1, 0.15) is 6.92 Å². The van der Waals surface area contributed by atoms with Crippen molar-refractivity contribution in [3.8, 4) is 0 Å². The molecule has 0 N–H and O–H groups in total. The van der Waals surface area contributed by atoms with Crippen LogP contribution in [0.2, 0.25) is 0 Å². The Hall–Kier alpha value is -0.850. The Kier molecular flexibility index (Phi) is 12.1. The lowest BCUT2D eigenvalue weighted by Crippen LogP contribution is -1.86. The van der Waals surface area contributed by atoms with Crippen LogP contribution in [-0.4, -0.2) is 18.3 Å². The maximum Gasteiger partial charge on any atom is 0.163 e. The monoisotopic (exact) mass is 112 g/mol. The molecule has 0 spiro atoms. The third-order valence-electron chi connectivity index (χ3n) is 0.404. The van der Waals surface area contributed by atoms with Gasteiger partial charge >= 0.3 is 0 Å². The molecule has 0 atom stereocenters. The minimum absolute atomic E-state index is 1.75. The van der Waals surface area contributed by atoms with Crippen molar-refractivity contribution in [3.63, 3.8) is 0 Å². The molecule has 0 aromatic rings. The second-order valence-electron chi connectivity index (χ2n) is 1.24. The SMILES string of the molecule is C=C.C=[N+](C)/C=C\C. The molecule has 0 aliphatic heterocycles. The first-order chi connectivity index (χ1) is 3.77. The van der Waals surface area contributed by atoms with Crippen molar-refractivity contribution in [2.75, 3.05) is 7.05 Å². The Morgan fingerprint density at radius 1 is 1.38 bits per heavy atom. The van der Waals surface area contributed by atoms with E-state index in [4.69, 9.17) is 0 Å². The van der Waals surface area contributed by atoms with E-state index in [1.54, 1.807) is 4.58 Å². The summed E-state index contributed by atoms with van der Waals surface area (Å²) in [6, 6.07) is 0. The Morgan fingerprint density at radius 2 is 1.75 bits per heavy atom. The summed E-state index contributed by atoms with van der Waals surface area (Å²) in [5.41, 5.74) is 0. The molecule has 1 nitrogen and oxygen atoms in total. The van der Waals surface area contributed by atoms with Gasteiger partial charge in [0.1, 0.15) is 13.8 Å². The Bertz CT molecular complexity index is 82.4. The highest BCUT2D eigenvalue weighted by molar-refractivity contribution is 5.14. The summed E-state index contributed by atoms with van der Waals surface area (Å²) in [7, 11) is 1.89. The van der Waals surface area contributed by atoms with Crippen molar-refractivity contribution >= 4 is 6.72 Å². The van der Waals surface area contributed by atoms with Crippen LogP contribution in [-0.2, 0) is 0 Å². The van der Waals surface area contributed by atoms with Crippen LogP contribution in [0, 0.1) is 0 Å². The van der Waals surface area contributed by atoms with Gasteiger partial charge in [-0.3, -0.25) is 0 Å². The van der Waals surface area contributed by atoms with Crippen molar-refractivity contribution in [1.29, 1.82) is 0 Å². The molecular weight excluding hydrogens is 98.1 g/mol. The standard InChI is InChI=1S/C5H10N.C2H4/c1-4-5-6(2)3;1-2/h4-5H,2H2,1,3H3;1-2H2/q+1;/b5-4-;. The molecule has 0 heterocycles. The zero-order valence-electron chi connectivity index (χ0n) is 5.72. The molecule has 0 radical (unpaired) electrons. The van der Waals surface area contributed by atoms with E-state index in [9.17, 15) is 0 Å². The molecule has 0 aromatic carbocycles. The van der Waals surface area contributed by atoms with Gasteiger partial charge in [-0.1, -0.05) is 0 Å². The van der Waals surface area contributed by atoms with Crippen LogP contribution < -0.4 is 0 Å². The lowest BCUT2D eigenvalue weighted by atomic mass is 10.7. The minimum atomic E-state index is 1.75. The molecule has 0 aliphatic carbocycles. The first kappa shape index (κ1) is 10.2. The molecule has 0 amide bonds. The van der Waals surface area contributed by atoms with E-state index in [-0.39, 0.29) is 0 Å². The average Bonchev–Trinajstić information content (AvgIpc) is 1.72. The second kappa shape index (κ2) is 9.47. The normalized spacial score (nSPS) is 7.75. The fraction of sp³-hybridized carbons (Fsp3) is 0.286. The number of hydrogen-bond acceptors (Lipinski definition) is 0. The van der Waals surface area contributed by atoms with Crippen LogP contribution in [0.25, 0.3) is 0 Å². The average molecular weight is 112 g/mol. The summed E-state index contributed by atoms with van der Waals surface area (Å²) in [5, 5.41) is 0. The molecule has 8 heavy (non-hydrogen) atoms. The van der Waals surface area contributed by atoms with Crippen LogP contribution in [0.15, 0.2) is 25.4 Å². The van der Waals surface area contributed by atoms with E-state index in [1.807, 2.05) is 26.2 Å². The minimum Gasteiger partial charge on any atom is -0.215 e. The first-order valence-corrected chi connectivity index (χ1v) is 2.43. The van der Waals surface area contributed by atoms with Crippen molar-refractivity contribution in [1.82, 2.24) is 0 Å². The number of allylic oxidation sites excluding steroid dienone is 1. The van der Waals surface area contributed by atoms with Crippen LogP contribution in [0.3, 0.4) is 0 Å². The number of rotatable bonds is 1. The lowest BCUT2D eigenvalue weighted by molar-refractivity contribution is -0.412. The van der Waals surface area contributed by atoms with Crippen molar-refractivity contribution in [2.24, 2.45) is 0 Å². The summed E-state index contributed by atoms with van der Waals surface area (Å²) in [4.78, 5) is 0. The van der Waals surface area contributed by atoms with Gasteiger partial charge in [0.25, 0.3) is 0 Å². The quantitative estimate of drug-likeness (QED) is 0.276.